The van der Waals surface area contributed by atoms with Gasteiger partial charge in [0.05, 0.1) is 0 Å². The van der Waals surface area contributed by atoms with Crippen LogP contribution in [0.4, 0.5) is 0 Å². The predicted octanol–water partition coefficient (Wildman–Crippen LogP) is 5.98. The van der Waals surface area contributed by atoms with E-state index < -0.39 is 0 Å². The summed E-state index contributed by atoms with van der Waals surface area (Å²) in [5, 5.41) is 10.4. The first-order chi connectivity index (χ1) is 14.7. The molecule has 30 heavy (non-hydrogen) atoms. The normalized spacial score (nSPS) is 11.8. The predicted molar refractivity (Wildman–Crippen MR) is 123 cm³/mol. The molecule has 0 bridgehead atoms. The first kappa shape index (κ1) is 17.9. The highest BCUT2D eigenvalue weighted by Crippen LogP contribution is 2.29. The Morgan fingerprint density at radius 1 is 0.667 bits per heavy atom. The van der Waals surface area contributed by atoms with Gasteiger partial charge in [0.15, 0.2) is 5.84 Å². The fourth-order valence-corrected chi connectivity index (χ4v) is 3.59. The first-order valence-corrected chi connectivity index (χ1v) is 9.69. The van der Waals surface area contributed by atoms with Gasteiger partial charge in [0.1, 0.15) is 17.0 Å². The number of para-hydroxylation sites is 1. The lowest BCUT2D eigenvalue weighted by Crippen LogP contribution is -2.15. The van der Waals surface area contributed by atoms with Crippen molar-refractivity contribution in [3.8, 4) is 11.1 Å². The molecule has 4 nitrogen and oxygen atoms in total. The van der Waals surface area contributed by atoms with E-state index in [2.05, 4.69) is 17.1 Å². The van der Waals surface area contributed by atoms with Crippen LogP contribution in [0.5, 0.6) is 0 Å². The van der Waals surface area contributed by atoms with Gasteiger partial charge in [-0.2, -0.15) is 0 Å². The lowest BCUT2D eigenvalue weighted by atomic mass is 10.0. The highest BCUT2D eigenvalue weighted by Gasteiger charge is 2.10. The second kappa shape index (κ2) is 7.33. The summed E-state index contributed by atoms with van der Waals surface area (Å²) in [6.07, 6.45) is 0. The van der Waals surface area contributed by atoms with Gasteiger partial charge in [-0.15, -0.1) is 0 Å². The zero-order valence-electron chi connectivity index (χ0n) is 16.2. The summed E-state index contributed by atoms with van der Waals surface area (Å²) in [4.78, 5) is 4.34. The average Bonchev–Trinajstić information content (AvgIpc) is 3.17. The Kier molecular flexibility index (Phi) is 4.37. The van der Waals surface area contributed by atoms with Crippen molar-refractivity contribution in [2.75, 3.05) is 0 Å². The molecule has 4 aromatic carbocycles. The maximum absolute atomic E-state index is 8.42. The van der Waals surface area contributed by atoms with Crippen molar-refractivity contribution >= 4 is 33.6 Å². The fourth-order valence-electron chi connectivity index (χ4n) is 3.59. The van der Waals surface area contributed by atoms with Crippen LogP contribution in [0.2, 0.25) is 0 Å². The molecule has 4 heteroatoms. The van der Waals surface area contributed by atoms with Crippen LogP contribution in [0, 0.1) is 5.41 Å². The molecule has 0 aliphatic carbocycles. The molecule has 0 aliphatic heterocycles. The first-order valence-electron chi connectivity index (χ1n) is 9.69. The third-order valence-electron chi connectivity index (χ3n) is 5.17. The van der Waals surface area contributed by atoms with Crippen molar-refractivity contribution in [1.29, 1.82) is 5.41 Å². The quantitative estimate of drug-likeness (QED) is 0.294. The third kappa shape index (κ3) is 3.25. The van der Waals surface area contributed by atoms with Gasteiger partial charge < -0.3 is 10.2 Å². The van der Waals surface area contributed by atoms with Gasteiger partial charge in [0, 0.05) is 21.9 Å². The summed E-state index contributed by atoms with van der Waals surface area (Å²) in [7, 11) is 0. The zero-order valence-corrected chi connectivity index (χ0v) is 16.2. The summed E-state index contributed by atoms with van der Waals surface area (Å²) in [5.74, 6) is 0.434. The van der Waals surface area contributed by atoms with Crippen molar-refractivity contribution in [3.05, 3.63) is 108 Å². The number of nitrogens with two attached hydrogens (primary N) is 1. The van der Waals surface area contributed by atoms with Crippen LogP contribution >= 0.6 is 0 Å². The zero-order chi connectivity index (χ0) is 20.5. The molecule has 5 aromatic rings. The Labute approximate surface area is 173 Å². The summed E-state index contributed by atoms with van der Waals surface area (Å²) in [5.41, 5.74) is 11.6. The van der Waals surface area contributed by atoms with E-state index in [1.165, 1.54) is 0 Å². The molecule has 1 heterocycles. The van der Waals surface area contributed by atoms with E-state index in [-0.39, 0.29) is 5.84 Å². The molecule has 0 unspecified atom stereocenters. The smallest absolute Gasteiger partial charge is 0.154 e. The largest absolute Gasteiger partial charge is 0.456 e. The Morgan fingerprint density at radius 2 is 1.30 bits per heavy atom. The second-order valence-electron chi connectivity index (χ2n) is 7.10. The molecule has 0 saturated carbocycles. The molecule has 1 aromatic heterocycles. The minimum atomic E-state index is 0.117. The van der Waals surface area contributed by atoms with E-state index in [0.717, 1.165) is 38.6 Å². The topological polar surface area (TPSA) is 75.4 Å². The molecule has 0 saturated heterocycles. The fraction of sp³-hybridized carbons (Fsp3) is 0. The summed E-state index contributed by atoms with van der Waals surface area (Å²) in [6, 6.07) is 31.6. The number of hydrogen-bond donors (Lipinski definition) is 2. The van der Waals surface area contributed by atoms with Gasteiger partial charge in [0.25, 0.3) is 0 Å². The Morgan fingerprint density at radius 3 is 2.10 bits per heavy atom. The molecule has 5 rings (SSSR count). The molecule has 0 radical (unpaired) electrons. The van der Waals surface area contributed by atoms with E-state index in [4.69, 9.17) is 15.6 Å². The molecule has 0 amide bonds. The van der Waals surface area contributed by atoms with Crippen LogP contribution in [0.15, 0.2) is 106 Å². The van der Waals surface area contributed by atoms with Gasteiger partial charge in [-0.25, -0.2) is 4.99 Å². The van der Waals surface area contributed by atoms with Crippen LogP contribution in [0.1, 0.15) is 11.1 Å². The molecule has 0 fully saturated rings. The highest BCUT2D eigenvalue weighted by atomic mass is 16.3. The third-order valence-corrected chi connectivity index (χ3v) is 5.17. The number of aliphatic imine (C=N–C) groups is 1. The minimum Gasteiger partial charge on any atom is -0.456 e. The minimum absolute atomic E-state index is 0.117. The monoisotopic (exact) mass is 389 g/mol. The van der Waals surface area contributed by atoms with Gasteiger partial charge in [0.2, 0.25) is 0 Å². The lowest BCUT2D eigenvalue weighted by molar-refractivity contribution is 0.669. The SMILES string of the molecule is N=C(N=C(N)c1ccc(-c2ccccc2)cc1)c1ccc2oc3ccccc3c2c1. The van der Waals surface area contributed by atoms with E-state index in [0.29, 0.717) is 11.4 Å². The number of fused-ring (bicyclic) bond motifs is 3. The number of hydrogen-bond acceptors (Lipinski definition) is 2. The average molecular weight is 389 g/mol. The van der Waals surface area contributed by atoms with Crippen LogP contribution in [0.25, 0.3) is 33.1 Å². The van der Waals surface area contributed by atoms with Gasteiger partial charge in [-0.1, -0.05) is 72.8 Å². The highest BCUT2D eigenvalue weighted by molar-refractivity contribution is 6.13. The summed E-state index contributed by atoms with van der Waals surface area (Å²) < 4.78 is 5.85. The molecule has 0 spiro atoms. The maximum atomic E-state index is 8.42. The van der Waals surface area contributed by atoms with E-state index in [1.54, 1.807) is 0 Å². The second-order valence-corrected chi connectivity index (χ2v) is 7.10. The summed E-state index contributed by atoms with van der Waals surface area (Å²) >= 11 is 0. The maximum Gasteiger partial charge on any atom is 0.154 e. The number of furan rings is 1. The molecule has 0 aliphatic rings. The standard InChI is InChI=1S/C26H19N3O/c27-25(19-12-10-18(11-13-19)17-6-2-1-3-7-17)29-26(28)20-14-15-24-22(16-20)21-8-4-5-9-23(21)30-24/h1-16H,(H3,27,28,29). The summed E-state index contributed by atoms with van der Waals surface area (Å²) in [6.45, 7) is 0. The number of nitrogens with zero attached hydrogens (tertiary/aromatic N) is 1. The van der Waals surface area contributed by atoms with Gasteiger partial charge in [-0.05, 0) is 35.4 Å². The molecule has 0 atom stereocenters. The Bertz CT molecular complexity index is 1400. The number of benzene rings is 4. The molecule has 3 N–H and O–H groups in total. The van der Waals surface area contributed by atoms with Crippen LogP contribution in [-0.2, 0) is 0 Å². The number of amidine groups is 2. The number of nitrogens with one attached hydrogen (secondary N) is 1. The Hall–Kier alpha value is -4.18. The van der Waals surface area contributed by atoms with Crippen molar-refractivity contribution in [2.24, 2.45) is 10.7 Å². The Balaban J connectivity index is 1.44. The van der Waals surface area contributed by atoms with Gasteiger partial charge in [-0.3, -0.25) is 5.41 Å². The lowest BCUT2D eigenvalue weighted by Gasteiger charge is -2.05. The van der Waals surface area contributed by atoms with Crippen LogP contribution in [0.3, 0.4) is 0 Å². The molecular weight excluding hydrogens is 370 g/mol. The van der Waals surface area contributed by atoms with Crippen LogP contribution < -0.4 is 5.73 Å². The van der Waals surface area contributed by atoms with Crippen LogP contribution in [-0.4, -0.2) is 11.7 Å². The van der Waals surface area contributed by atoms with Crippen molar-refractivity contribution in [2.45, 2.75) is 0 Å². The van der Waals surface area contributed by atoms with Crippen molar-refractivity contribution < 1.29 is 4.42 Å². The van der Waals surface area contributed by atoms with Crippen molar-refractivity contribution in [3.63, 3.8) is 0 Å². The van der Waals surface area contributed by atoms with E-state index in [1.807, 2.05) is 84.9 Å². The van der Waals surface area contributed by atoms with E-state index >= 15 is 0 Å². The van der Waals surface area contributed by atoms with E-state index in [9.17, 15) is 0 Å². The van der Waals surface area contributed by atoms with Crippen molar-refractivity contribution in [1.82, 2.24) is 0 Å². The molecule has 144 valence electrons. The number of rotatable bonds is 3. The van der Waals surface area contributed by atoms with Gasteiger partial charge >= 0.3 is 0 Å². The molecular formula is C26H19N3O.